The number of fused-ring (bicyclic) bond motifs is 1. The number of benzene rings is 1. The summed E-state index contributed by atoms with van der Waals surface area (Å²) in [4.78, 5) is 28.8. The van der Waals surface area contributed by atoms with Crippen LogP contribution in [0.5, 0.6) is 0 Å². The van der Waals surface area contributed by atoms with Gasteiger partial charge in [0.2, 0.25) is 11.8 Å². The van der Waals surface area contributed by atoms with Crippen molar-refractivity contribution in [3.05, 3.63) is 29.8 Å². The maximum Gasteiger partial charge on any atom is 0.249 e. The summed E-state index contributed by atoms with van der Waals surface area (Å²) in [6.07, 6.45) is 1.86. The molecule has 86 valence electrons. The first-order valence-corrected chi connectivity index (χ1v) is 5.45. The van der Waals surface area contributed by atoms with Crippen molar-refractivity contribution in [2.24, 2.45) is 4.99 Å². The topological polar surface area (TPSA) is 61.8 Å². The fraction of sp³-hybridized carbons (Fsp3) is 0.250. The summed E-state index contributed by atoms with van der Waals surface area (Å²) in [7, 11) is 0. The zero-order valence-electron chi connectivity index (χ0n) is 9.09. The molecule has 2 aliphatic heterocycles. The molecule has 1 atom stereocenters. The van der Waals surface area contributed by atoms with Crippen LogP contribution in [0.4, 0.5) is 5.69 Å². The predicted molar refractivity (Wildman–Crippen MR) is 61.7 cm³/mol. The summed E-state index contributed by atoms with van der Waals surface area (Å²) >= 11 is 0. The summed E-state index contributed by atoms with van der Waals surface area (Å²) in [5.41, 5.74) is 2.00. The van der Waals surface area contributed by atoms with E-state index >= 15 is 0 Å². The molecule has 1 aromatic rings. The van der Waals surface area contributed by atoms with Gasteiger partial charge >= 0.3 is 0 Å². The Morgan fingerprint density at radius 2 is 2.12 bits per heavy atom. The number of amides is 2. The number of nitrogens with one attached hydrogen (secondary N) is 1. The Labute approximate surface area is 98.1 Å². The molecule has 5 nitrogen and oxygen atoms in total. The molecule has 1 aromatic carbocycles. The van der Waals surface area contributed by atoms with Gasteiger partial charge in [-0.3, -0.25) is 14.9 Å². The number of imide groups is 1. The summed E-state index contributed by atoms with van der Waals surface area (Å²) < 4.78 is 0. The molecule has 2 amide bonds. The Kier molecular flexibility index (Phi) is 2.18. The van der Waals surface area contributed by atoms with E-state index in [0.717, 1.165) is 11.3 Å². The molecule has 5 heteroatoms. The molecule has 0 radical (unpaired) electrons. The average Bonchev–Trinajstić information content (AvgIpc) is 2.68. The van der Waals surface area contributed by atoms with Gasteiger partial charge in [0.25, 0.3) is 0 Å². The van der Waals surface area contributed by atoms with Crippen molar-refractivity contribution in [1.82, 2.24) is 10.2 Å². The van der Waals surface area contributed by atoms with Gasteiger partial charge in [0, 0.05) is 6.54 Å². The van der Waals surface area contributed by atoms with Crippen molar-refractivity contribution >= 4 is 23.8 Å². The van der Waals surface area contributed by atoms with Crippen molar-refractivity contribution in [2.75, 3.05) is 0 Å². The quantitative estimate of drug-likeness (QED) is 0.716. The van der Waals surface area contributed by atoms with Gasteiger partial charge in [0.1, 0.15) is 6.04 Å². The van der Waals surface area contributed by atoms with Crippen LogP contribution in [-0.2, 0) is 16.1 Å². The number of para-hydroxylation sites is 1. The average molecular weight is 229 g/mol. The highest BCUT2D eigenvalue weighted by Crippen LogP contribution is 2.25. The molecule has 0 bridgehead atoms. The van der Waals surface area contributed by atoms with Gasteiger partial charge in [-0.05, 0) is 11.6 Å². The van der Waals surface area contributed by atoms with Crippen LogP contribution in [-0.4, -0.2) is 29.1 Å². The van der Waals surface area contributed by atoms with Crippen LogP contribution in [0.1, 0.15) is 12.0 Å². The van der Waals surface area contributed by atoms with Crippen molar-refractivity contribution < 1.29 is 9.59 Å². The van der Waals surface area contributed by atoms with Crippen LogP contribution < -0.4 is 5.32 Å². The normalized spacial score (nSPS) is 22.6. The predicted octanol–water partition coefficient (Wildman–Crippen LogP) is 0.577. The van der Waals surface area contributed by atoms with Gasteiger partial charge in [-0.15, -0.1) is 0 Å². The maximum absolute atomic E-state index is 11.6. The van der Waals surface area contributed by atoms with Crippen molar-refractivity contribution in [1.29, 1.82) is 0 Å². The molecular formula is C12H11N3O2. The van der Waals surface area contributed by atoms with Crippen LogP contribution in [0.15, 0.2) is 29.3 Å². The Bertz CT molecular complexity index is 524. The van der Waals surface area contributed by atoms with Gasteiger partial charge in [0.05, 0.1) is 18.4 Å². The van der Waals surface area contributed by atoms with E-state index in [1.807, 2.05) is 29.2 Å². The Morgan fingerprint density at radius 1 is 1.29 bits per heavy atom. The molecule has 1 N–H and O–H groups in total. The van der Waals surface area contributed by atoms with E-state index in [1.54, 1.807) is 6.34 Å². The Morgan fingerprint density at radius 3 is 2.88 bits per heavy atom. The molecule has 17 heavy (non-hydrogen) atoms. The van der Waals surface area contributed by atoms with Crippen LogP contribution in [0.2, 0.25) is 0 Å². The van der Waals surface area contributed by atoms with E-state index in [-0.39, 0.29) is 18.2 Å². The highest BCUT2D eigenvalue weighted by Gasteiger charge is 2.35. The van der Waals surface area contributed by atoms with E-state index in [1.165, 1.54) is 0 Å². The number of carbonyl (C=O) groups is 2. The summed E-state index contributed by atoms with van der Waals surface area (Å²) in [5, 5.41) is 2.31. The third kappa shape index (κ3) is 1.69. The number of aliphatic imine (C=N–C) groups is 1. The highest BCUT2D eigenvalue weighted by atomic mass is 16.2. The first-order chi connectivity index (χ1) is 8.24. The van der Waals surface area contributed by atoms with Gasteiger partial charge < -0.3 is 4.90 Å². The third-order valence-electron chi connectivity index (χ3n) is 3.03. The van der Waals surface area contributed by atoms with Crippen molar-refractivity contribution in [2.45, 2.75) is 19.0 Å². The number of carbonyl (C=O) groups excluding carboxylic acids is 2. The number of hydrogen-bond donors (Lipinski definition) is 1. The van der Waals surface area contributed by atoms with Crippen LogP contribution in [0, 0.1) is 0 Å². The van der Waals surface area contributed by atoms with E-state index in [9.17, 15) is 9.59 Å². The van der Waals surface area contributed by atoms with Crippen LogP contribution in [0.25, 0.3) is 0 Å². The Balaban J connectivity index is 1.85. The smallest absolute Gasteiger partial charge is 0.249 e. The lowest BCUT2D eigenvalue weighted by molar-refractivity contribution is -0.125. The standard InChI is InChI=1S/C12H11N3O2/c16-11-5-10(12(17)14-11)15-6-8-3-1-2-4-9(8)13-7-15/h1-4,7,10H,5-6H2,(H,14,16,17). The molecule has 2 aliphatic rings. The minimum absolute atomic E-state index is 0.215. The van der Waals surface area contributed by atoms with Crippen LogP contribution in [0.3, 0.4) is 0 Å². The van der Waals surface area contributed by atoms with Crippen molar-refractivity contribution in [3.63, 3.8) is 0 Å². The molecule has 1 unspecified atom stereocenters. The lowest BCUT2D eigenvalue weighted by Crippen LogP contribution is -2.40. The van der Waals surface area contributed by atoms with Gasteiger partial charge in [-0.25, -0.2) is 4.99 Å². The molecule has 0 spiro atoms. The molecule has 3 rings (SSSR count). The zero-order chi connectivity index (χ0) is 11.8. The van der Waals surface area contributed by atoms with Crippen LogP contribution >= 0.6 is 0 Å². The number of rotatable bonds is 1. The fourth-order valence-corrected chi connectivity index (χ4v) is 2.14. The lowest BCUT2D eigenvalue weighted by atomic mass is 10.1. The lowest BCUT2D eigenvalue weighted by Gasteiger charge is -2.27. The van der Waals surface area contributed by atoms with Gasteiger partial charge in [0.15, 0.2) is 0 Å². The van der Waals surface area contributed by atoms with E-state index in [4.69, 9.17) is 0 Å². The number of hydrogen-bond acceptors (Lipinski definition) is 4. The minimum atomic E-state index is -0.417. The first-order valence-electron chi connectivity index (χ1n) is 5.45. The zero-order valence-corrected chi connectivity index (χ0v) is 9.09. The first kappa shape index (κ1) is 10.0. The minimum Gasteiger partial charge on any atom is -0.346 e. The van der Waals surface area contributed by atoms with E-state index in [2.05, 4.69) is 10.3 Å². The molecule has 2 heterocycles. The van der Waals surface area contributed by atoms with E-state index < -0.39 is 6.04 Å². The fourth-order valence-electron chi connectivity index (χ4n) is 2.14. The molecular weight excluding hydrogens is 218 g/mol. The SMILES string of the molecule is O=C1CC(N2C=Nc3ccccc3C2)C(=O)N1. The van der Waals surface area contributed by atoms with Gasteiger partial charge in [-0.1, -0.05) is 18.2 Å². The largest absolute Gasteiger partial charge is 0.346 e. The second-order valence-corrected chi connectivity index (χ2v) is 4.18. The van der Waals surface area contributed by atoms with Gasteiger partial charge in [-0.2, -0.15) is 0 Å². The second-order valence-electron chi connectivity index (χ2n) is 4.18. The van der Waals surface area contributed by atoms with Crippen molar-refractivity contribution in [3.8, 4) is 0 Å². The third-order valence-corrected chi connectivity index (χ3v) is 3.03. The molecule has 0 aliphatic carbocycles. The summed E-state index contributed by atoms with van der Waals surface area (Å²) in [6.45, 7) is 0.616. The Hall–Kier alpha value is -2.17. The molecule has 1 saturated heterocycles. The molecule has 1 fully saturated rings. The van der Waals surface area contributed by atoms with E-state index in [0.29, 0.717) is 6.54 Å². The maximum atomic E-state index is 11.6. The summed E-state index contributed by atoms with van der Waals surface area (Å²) in [6, 6.07) is 7.37. The summed E-state index contributed by atoms with van der Waals surface area (Å²) in [5.74, 6) is -0.451. The molecule has 0 saturated carbocycles. The number of nitrogens with zero attached hydrogens (tertiary/aromatic N) is 2. The molecule has 0 aromatic heterocycles. The highest BCUT2D eigenvalue weighted by molar-refractivity contribution is 6.06. The monoisotopic (exact) mass is 229 g/mol. The second kappa shape index (κ2) is 3.69.